The van der Waals surface area contributed by atoms with E-state index >= 15 is 0 Å². The molecule has 34 heavy (non-hydrogen) atoms. The Balaban J connectivity index is 1.89. The second kappa shape index (κ2) is 11.2. The van der Waals surface area contributed by atoms with E-state index in [9.17, 15) is 13.2 Å². The maximum atomic E-state index is 13.2. The van der Waals surface area contributed by atoms with Crippen LogP contribution in [0.1, 0.15) is 5.56 Å². The molecule has 10 heteroatoms. The van der Waals surface area contributed by atoms with Crippen LogP contribution in [0.15, 0.2) is 71.6 Å². The molecule has 2 N–H and O–H groups in total. The number of benzene rings is 3. The molecule has 0 heterocycles. The van der Waals surface area contributed by atoms with Gasteiger partial charge in [0.05, 0.1) is 31.2 Å². The zero-order valence-electron chi connectivity index (χ0n) is 18.9. The van der Waals surface area contributed by atoms with Crippen LogP contribution in [0.5, 0.6) is 17.2 Å². The lowest BCUT2D eigenvalue weighted by atomic mass is 10.1. The summed E-state index contributed by atoms with van der Waals surface area (Å²) in [6.45, 7) is 0. The lowest BCUT2D eigenvalue weighted by molar-refractivity contribution is -0.117. The van der Waals surface area contributed by atoms with Gasteiger partial charge in [-0.2, -0.15) is 4.72 Å². The SMILES string of the molecule is COc1ccc(NC(=O)C(Cc2ccccc2)NS(=O)(=O)c2ccc(OC)c(OC)c2)cc1Cl. The average molecular weight is 505 g/mol. The molecule has 0 aliphatic rings. The highest BCUT2D eigenvalue weighted by Crippen LogP contribution is 2.30. The fraction of sp³-hybridized carbons (Fsp3) is 0.208. The van der Waals surface area contributed by atoms with E-state index in [1.807, 2.05) is 30.3 Å². The van der Waals surface area contributed by atoms with Gasteiger partial charge in [-0.3, -0.25) is 4.79 Å². The standard InChI is InChI=1S/C24H25ClN2O6S/c1-31-21-11-9-17(14-19(21)25)26-24(28)20(13-16-7-5-4-6-8-16)27-34(29,30)18-10-12-22(32-2)23(15-18)33-3/h4-12,14-15,20,27H,13H2,1-3H3,(H,26,28). The Morgan fingerprint density at radius 2 is 1.53 bits per heavy atom. The summed E-state index contributed by atoms with van der Waals surface area (Å²) < 4.78 is 44.4. The van der Waals surface area contributed by atoms with Gasteiger partial charge in [0.25, 0.3) is 0 Å². The molecule has 0 radical (unpaired) electrons. The predicted octanol–water partition coefficient (Wildman–Crippen LogP) is 3.89. The highest BCUT2D eigenvalue weighted by molar-refractivity contribution is 7.89. The van der Waals surface area contributed by atoms with Crippen LogP contribution in [0.25, 0.3) is 0 Å². The van der Waals surface area contributed by atoms with Crippen LogP contribution in [-0.2, 0) is 21.2 Å². The normalized spacial score (nSPS) is 12.0. The smallest absolute Gasteiger partial charge is 0.242 e. The topological polar surface area (TPSA) is 103 Å². The Labute approximate surface area is 203 Å². The second-order valence-corrected chi connectivity index (χ2v) is 9.34. The Morgan fingerprint density at radius 3 is 2.15 bits per heavy atom. The number of hydrogen-bond acceptors (Lipinski definition) is 6. The molecule has 3 aromatic rings. The van der Waals surface area contributed by atoms with E-state index in [4.69, 9.17) is 25.8 Å². The van der Waals surface area contributed by atoms with E-state index in [2.05, 4.69) is 10.0 Å². The van der Waals surface area contributed by atoms with Crippen molar-refractivity contribution in [3.63, 3.8) is 0 Å². The molecular formula is C24H25ClN2O6S. The molecule has 8 nitrogen and oxygen atoms in total. The van der Waals surface area contributed by atoms with E-state index in [0.717, 1.165) is 5.56 Å². The number of amides is 1. The minimum absolute atomic E-state index is 0.0662. The minimum atomic E-state index is -4.09. The lowest BCUT2D eigenvalue weighted by Crippen LogP contribution is -2.45. The molecule has 0 aromatic heterocycles. The van der Waals surface area contributed by atoms with Gasteiger partial charge in [0, 0.05) is 11.8 Å². The van der Waals surface area contributed by atoms with Gasteiger partial charge in [-0.25, -0.2) is 8.42 Å². The van der Waals surface area contributed by atoms with Gasteiger partial charge in [-0.15, -0.1) is 0 Å². The molecule has 1 unspecified atom stereocenters. The second-order valence-electron chi connectivity index (χ2n) is 7.22. The highest BCUT2D eigenvalue weighted by Gasteiger charge is 2.27. The molecule has 3 aromatic carbocycles. The molecule has 3 rings (SSSR count). The first-order chi connectivity index (χ1) is 16.3. The maximum absolute atomic E-state index is 13.2. The van der Waals surface area contributed by atoms with Crippen LogP contribution < -0.4 is 24.2 Å². The lowest BCUT2D eigenvalue weighted by Gasteiger charge is -2.19. The van der Waals surface area contributed by atoms with Gasteiger partial charge in [0.15, 0.2) is 11.5 Å². The van der Waals surface area contributed by atoms with Crippen molar-refractivity contribution in [1.29, 1.82) is 0 Å². The van der Waals surface area contributed by atoms with Crippen molar-refractivity contribution in [3.8, 4) is 17.2 Å². The van der Waals surface area contributed by atoms with Crippen molar-refractivity contribution in [1.82, 2.24) is 4.72 Å². The first-order valence-corrected chi connectivity index (χ1v) is 12.1. The number of ether oxygens (including phenoxy) is 3. The first-order valence-electron chi connectivity index (χ1n) is 10.2. The number of sulfonamides is 1. The summed E-state index contributed by atoms with van der Waals surface area (Å²) in [5.74, 6) is 0.544. The zero-order valence-corrected chi connectivity index (χ0v) is 20.4. The van der Waals surface area contributed by atoms with Crippen LogP contribution in [0.2, 0.25) is 5.02 Å². The number of methoxy groups -OCH3 is 3. The van der Waals surface area contributed by atoms with Gasteiger partial charge < -0.3 is 19.5 Å². The van der Waals surface area contributed by atoms with Crippen molar-refractivity contribution in [2.45, 2.75) is 17.4 Å². The van der Waals surface area contributed by atoms with Crippen molar-refractivity contribution >= 4 is 33.2 Å². The first kappa shape index (κ1) is 25.4. The van der Waals surface area contributed by atoms with Crippen molar-refractivity contribution in [2.24, 2.45) is 0 Å². The summed E-state index contributed by atoms with van der Waals surface area (Å²) >= 11 is 6.15. The average Bonchev–Trinajstić information content (AvgIpc) is 2.83. The molecule has 180 valence electrons. The number of hydrogen-bond donors (Lipinski definition) is 2. The van der Waals surface area contributed by atoms with Crippen LogP contribution in [0.3, 0.4) is 0 Å². The molecule has 0 aliphatic carbocycles. The number of rotatable bonds is 10. The zero-order chi connectivity index (χ0) is 24.7. The van der Waals surface area contributed by atoms with Crippen molar-refractivity contribution in [2.75, 3.05) is 26.6 Å². The predicted molar refractivity (Wildman–Crippen MR) is 130 cm³/mol. The van der Waals surface area contributed by atoms with Crippen molar-refractivity contribution < 1.29 is 27.4 Å². The summed E-state index contributed by atoms with van der Waals surface area (Å²) in [6.07, 6.45) is 0.128. The third-order valence-electron chi connectivity index (χ3n) is 4.98. The minimum Gasteiger partial charge on any atom is -0.495 e. The van der Waals surface area contributed by atoms with E-state index in [0.29, 0.717) is 22.2 Å². The van der Waals surface area contributed by atoms with Gasteiger partial charge >= 0.3 is 0 Å². The number of carbonyl (C=O) groups is 1. The summed E-state index contributed by atoms with van der Waals surface area (Å²) in [4.78, 5) is 13.1. The molecule has 0 saturated carbocycles. The van der Waals surface area contributed by atoms with Gasteiger partial charge in [-0.05, 0) is 42.3 Å². The number of carbonyl (C=O) groups excluding carboxylic acids is 1. The largest absolute Gasteiger partial charge is 0.495 e. The molecule has 1 amide bonds. The van der Waals surface area contributed by atoms with Gasteiger partial charge in [0.1, 0.15) is 11.8 Å². The Morgan fingerprint density at radius 1 is 0.882 bits per heavy atom. The van der Waals surface area contributed by atoms with Crippen LogP contribution >= 0.6 is 11.6 Å². The molecule has 0 fully saturated rings. The molecule has 0 spiro atoms. The Kier molecular flexibility index (Phi) is 8.38. The molecule has 1 atom stereocenters. The maximum Gasteiger partial charge on any atom is 0.242 e. The third-order valence-corrected chi connectivity index (χ3v) is 6.75. The van der Waals surface area contributed by atoms with Crippen molar-refractivity contribution in [3.05, 3.63) is 77.3 Å². The summed E-state index contributed by atoms with van der Waals surface area (Å²) in [5.41, 5.74) is 1.18. The third kappa shape index (κ3) is 6.19. The fourth-order valence-corrected chi connectivity index (χ4v) is 4.72. The van der Waals surface area contributed by atoms with E-state index in [1.165, 1.54) is 45.6 Å². The summed E-state index contributed by atoms with van der Waals surface area (Å²) in [7, 11) is 0.263. The van der Waals surface area contributed by atoms with Crippen LogP contribution in [0.4, 0.5) is 5.69 Å². The number of halogens is 1. The molecule has 0 bridgehead atoms. The number of nitrogens with one attached hydrogen (secondary N) is 2. The van der Waals surface area contributed by atoms with E-state index < -0.39 is 22.0 Å². The quantitative estimate of drug-likeness (QED) is 0.434. The molecule has 0 saturated heterocycles. The molecule has 0 aliphatic heterocycles. The summed E-state index contributed by atoms with van der Waals surface area (Å²) in [5, 5.41) is 3.03. The number of anilines is 1. The van der Waals surface area contributed by atoms with E-state index in [1.54, 1.807) is 12.1 Å². The van der Waals surface area contributed by atoms with Gasteiger partial charge in [-0.1, -0.05) is 41.9 Å². The van der Waals surface area contributed by atoms with Crippen LogP contribution in [-0.4, -0.2) is 41.7 Å². The Bertz CT molecular complexity index is 1250. The Hall–Kier alpha value is -3.27. The van der Waals surface area contributed by atoms with Crippen LogP contribution in [0, 0.1) is 0 Å². The molecular weight excluding hydrogens is 480 g/mol. The monoisotopic (exact) mass is 504 g/mol. The van der Waals surface area contributed by atoms with E-state index in [-0.39, 0.29) is 17.1 Å². The summed E-state index contributed by atoms with van der Waals surface area (Å²) in [6, 6.07) is 16.9. The fourth-order valence-electron chi connectivity index (χ4n) is 3.25. The highest BCUT2D eigenvalue weighted by atomic mass is 35.5. The van der Waals surface area contributed by atoms with Gasteiger partial charge in [0.2, 0.25) is 15.9 Å².